The molecule has 0 aliphatic rings. The molecule has 0 N–H and O–H groups in total. The lowest BCUT2D eigenvalue weighted by atomic mass is 10.1. The van der Waals surface area contributed by atoms with Gasteiger partial charge < -0.3 is 0 Å². The van der Waals surface area contributed by atoms with Gasteiger partial charge >= 0.3 is 6.18 Å². The van der Waals surface area contributed by atoms with Crippen LogP contribution < -0.4 is 5.56 Å². The lowest BCUT2D eigenvalue weighted by Crippen LogP contribution is -2.23. The minimum Gasteiger partial charge on any atom is -0.294 e. The van der Waals surface area contributed by atoms with Crippen LogP contribution in [0.5, 0.6) is 0 Å². The van der Waals surface area contributed by atoms with Crippen LogP contribution in [-0.2, 0) is 12.7 Å². The van der Waals surface area contributed by atoms with E-state index in [-0.39, 0.29) is 33.1 Å². The average molecular weight is 373 g/mol. The van der Waals surface area contributed by atoms with Crippen molar-refractivity contribution in [2.45, 2.75) is 12.7 Å². The van der Waals surface area contributed by atoms with Gasteiger partial charge in [0.05, 0.1) is 34.4 Å². The second-order valence-corrected chi connectivity index (χ2v) is 5.96. The smallest absolute Gasteiger partial charge is 0.294 e. The van der Waals surface area contributed by atoms with Crippen LogP contribution in [0.25, 0.3) is 10.9 Å². The van der Waals surface area contributed by atoms with Gasteiger partial charge in [0.1, 0.15) is 0 Å². The molecular formula is C16H9Cl2F3N2O. The minimum atomic E-state index is -4.50. The van der Waals surface area contributed by atoms with Gasteiger partial charge in [0.2, 0.25) is 0 Å². The molecule has 0 unspecified atom stereocenters. The Hall–Kier alpha value is -2.05. The van der Waals surface area contributed by atoms with Crippen molar-refractivity contribution in [1.29, 1.82) is 0 Å². The van der Waals surface area contributed by atoms with Crippen molar-refractivity contribution in [3.63, 3.8) is 0 Å². The first kappa shape index (κ1) is 16.8. The molecule has 0 saturated carbocycles. The van der Waals surface area contributed by atoms with Gasteiger partial charge in [-0.15, -0.1) is 0 Å². The molecule has 0 atom stereocenters. The van der Waals surface area contributed by atoms with E-state index in [0.717, 1.165) is 10.6 Å². The normalized spacial score (nSPS) is 11.9. The molecule has 2 aromatic carbocycles. The number of fused-ring (bicyclic) bond motifs is 1. The van der Waals surface area contributed by atoms with Gasteiger partial charge in [0, 0.05) is 5.02 Å². The van der Waals surface area contributed by atoms with E-state index >= 15 is 0 Å². The number of halogens is 5. The van der Waals surface area contributed by atoms with E-state index in [2.05, 4.69) is 4.98 Å². The largest absolute Gasteiger partial charge is 0.416 e. The van der Waals surface area contributed by atoms with Crippen molar-refractivity contribution in [2.75, 3.05) is 0 Å². The van der Waals surface area contributed by atoms with Gasteiger partial charge in [-0.05, 0) is 23.8 Å². The summed E-state index contributed by atoms with van der Waals surface area (Å²) in [5, 5.41) is 0.608. The minimum absolute atomic E-state index is 0.0265. The summed E-state index contributed by atoms with van der Waals surface area (Å²) in [5.74, 6) is 0. The topological polar surface area (TPSA) is 34.9 Å². The summed E-state index contributed by atoms with van der Waals surface area (Å²) in [6.07, 6.45) is -3.32. The summed E-state index contributed by atoms with van der Waals surface area (Å²) in [4.78, 5) is 16.6. The van der Waals surface area contributed by atoms with Crippen LogP contribution in [0.4, 0.5) is 13.2 Å². The van der Waals surface area contributed by atoms with E-state index in [0.29, 0.717) is 0 Å². The zero-order chi connectivity index (χ0) is 17.5. The summed E-state index contributed by atoms with van der Waals surface area (Å²) < 4.78 is 40.3. The molecule has 0 fully saturated rings. The van der Waals surface area contributed by atoms with Crippen molar-refractivity contribution < 1.29 is 13.2 Å². The maximum atomic E-state index is 13.1. The molecular weight excluding hydrogens is 364 g/mol. The van der Waals surface area contributed by atoms with Crippen LogP contribution in [-0.4, -0.2) is 9.55 Å². The lowest BCUT2D eigenvalue weighted by Gasteiger charge is -2.14. The molecule has 1 aromatic heterocycles. The summed E-state index contributed by atoms with van der Waals surface area (Å²) in [7, 11) is 0. The second-order valence-electron chi connectivity index (χ2n) is 5.12. The fourth-order valence-electron chi connectivity index (χ4n) is 2.43. The molecule has 1 heterocycles. The molecule has 0 aliphatic carbocycles. The highest BCUT2D eigenvalue weighted by Gasteiger charge is 2.32. The maximum absolute atomic E-state index is 13.1. The van der Waals surface area contributed by atoms with Crippen LogP contribution in [0.3, 0.4) is 0 Å². The number of aromatic nitrogens is 2. The Morgan fingerprint density at radius 3 is 2.54 bits per heavy atom. The number of hydrogen-bond donors (Lipinski definition) is 0. The molecule has 8 heteroatoms. The maximum Gasteiger partial charge on any atom is 0.416 e. The van der Waals surface area contributed by atoms with E-state index in [4.69, 9.17) is 23.2 Å². The Bertz CT molecular complexity index is 983. The van der Waals surface area contributed by atoms with Crippen LogP contribution in [0.2, 0.25) is 10.0 Å². The average Bonchev–Trinajstić information content (AvgIpc) is 2.50. The summed E-state index contributed by atoms with van der Waals surface area (Å²) in [5.41, 5.74) is -1.07. The van der Waals surface area contributed by atoms with Crippen molar-refractivity contribution in [3.8, 4) is 0 Å². The summed E-state index contributed by atoms with van der Waals surface area (Å²) >= 11 is 11.9. The third-order valence-electron chi connectivity index (χ3n) is 3.51. The number of alkyl halides is 3. The Balaban J connectivity index is 2.13. The third-order valence-corrected chi connectivity index (χ3v) is 4.02. The first-order valence-corrected chi connectivity index (χ1v) is 7.52. The molecule has 0 saturated heterocycles. The van der Waals surface area contributed by atoms with Gasteiger partial charge in [-0.2, -0.15) is 13.2 Å². The zero-order valence-corrected chi connectivity index (χ0v) is 13.5. The molecule has 0 radical (unpaired) electrons. The Morgan fingerprint density at radius 2 is 1.83 bits per heavy atom. The highest BCUT2D eigenvalue weighted by molar-refractivity contribution is 6.38. The Morgan fingerprint density at radius 1 is 1.12 bits per heavy atom. The Labute approximate surface area is 144 Å². The predicted molar refractivity (Wildman–Crippen MR) is 86.6 cm³/mol. The number of nitrogens with zero attached hydrogens (tertiary/aromatic N) is 2. The van der Waals surface area contributed by atoms with Gasteiger partial charge in [-0.25, -0.2) is 4.98 Å². The molecule has 24 heavy (non-hydrogen) atoms. The quantitative estimate of drug-likeness (QED) is 0.649. The fourth-order valence-corrected chi connectivity index (χ4v) is 2.97. The molecule has 0 spiro atoms. The summed E-state index contributed by atoms with van der Waals surface area (Å²) in [6.45, 7) is -0.262. The van der Waals surface area contributed by atoms with Gasteiger partial charge in [0.15, 0.2) is 0 Å². The monoisotopic (exact) mass is 372 g/mol. The van der Waals surface area contributed by atoms with Crippen molar-refractivity contribution in [3.05, 3.63) is 74.3 Å². The SMILES string of the molecule is O=c1c2cc(Cl)cc(Cl)c2ncn1Cc1ccccc1C(F)(F)F. The number of benzene rings is 2. The predicted octanol–water partition coefficient (Wildman–Crippen LogP) is 4.77. The van der Waals surface area contributed by atoms with E-state index in [9.17, 15) is 18.0 Å². The molecule has 0 aliphatic heterocycles. The van der Waals surface area contributed by atoms with Crippen molar-refractivity contribution >= 4 is 34.1 Å². The molecule has 3 rings (SSSR count). The van der Waals surface area contributed by atoms with Crippen molar-refractivity contribution in [2.24, 2.45) is 0 Å². The standard InChI is InChI=1S/C16H9Cl2F3N2O/c17-10-5-11-14(13(18)6-10)22-8-23(15(11)24)7-9-3-1-2-4-12(9)16(19,20)21/h1-6,8H,7H2. The van der Waals surface area contributed by atoms with E-state index in [1.54, 1.807) is 0 Å². The molecule has 3 aromatic rings. The molecule has 3 nitrogen and oxygen atoms in total. The van der Waals surface area contributed by atoms with Crippen LogP contribution >= 0.6 is 23.2 Å². The van der Waals surface area contributed by atoms with E-state index < -0.39 is 17.3 Å². The molecule has 0 amide bonds. The molecule has 0 bridgehead atoms. The van der Waals surface area contributed by atoms with Gasteiger partial charge in [0.25, 0.3) is 5.56 Å². The third kappa shape index (κ3) is 3.12. The van der Waals surface area contributed by atoms with Crippen LogP contribution in [0, 0.1) is 0 Å². The van der Waals surface area contributed by atoms with Crippen molar-refractivity contribution in [1.82, 2.24) is 9.55 Å². The second kappa shape index (κ2) is 6.11. The van der Waals surface area contributed by atoms with Gasteiger partial charge in [-0.1, -0.05) is 41.4 Å². The highest BCUT2D eigenvalue weighted by Crippen LogP contribution is 2.32. The highest BCUT2D eigenvalue weighted by atomic mass is 35.5. The fraction of sp³-hybridized carbons (Fsp3) is 0.125. The lowest BCUT2D eigenvalue weighted by molar-refractivity contribution is -0.138. The van der Waals surface area contributed by atoms with E-state index in [1.165, 1.54) is 36.7 Å². The van der Waals surface area contributed by atoms with Crippen LogP contribution in [0.15, 0.2) is 47.5 Å². The number of hydrogen-bond acceptors (Lipinski definition) is 2. The van der Waals surface area contributed by atoms with Gasteiger partial charge in [-0.3, -0.25) is 9.36 Å². The van der Waals surface area contributed by atoms with Crippen LogP contribution in [0.1, 0.15) is 11.1 Å². The first-order valence-electron chi connectivity index (χ1n) is 6.76. The van der Waals surface area contributed by atoms with E-state index in [1.807, 2.05) is 0 Å². The first-order chi connectivity index (χ1) is 11.3. The molecule has 124 valence electrons. The summed E-state index contributed by atoms with van der Waals surface area (Å²) in [6, 6.07) is 7.92. The number of rotatable bonds is 2. The zero-order valence-electron chi connectivity index (χ0n) is 11.9. The Kier molecular flexibility index (Phi) is 4.27.